The van der Waals surface area contributed by atoms with Crippen molar-refractivity contribution in [3.05, 3.63) is 52.5 Å². The molecule has 4 rings (SSSR count). The molecule has 2 aromatic carbocycles. The molecule has 132 valence electrons. The fourth-order valence-corrected chi connectivity index (χ4v) is 4.02. The molecule has 0 aliphatic carbocycles. The number of hydrogen-bond acceptors (Lipinski definition) is 4. The van der Waals surface area contributed by atoms with Gasteiger partial charge in [0.05, 0.1) is 12.1 Å². The van der Waals surface area contributed by atoms with Crippen molar-refractivity contribution in [1.82, 2.24) is 4.90 Å². The average Bonchev–Trinajstić information content (AvgIpc) is 3.10. The lowest BCUT2D eigenvalue weighted by Gasteiger charge is -2.26. The van der Waals surface area contributed by atoms with Crippen molar-refractivity contribution in [2.75, 3.05) is 26.9 Å². The van der Waals surface area contributed by atoms with Gasteiger partial charge in [-0.1, -0.05) is 23.7 Å². The van der Waals surface area contributed by atoms with Crippen LogP contribution >= 0.6 is 11.6 Å². The number of methoxy groups -OCH3 is 1. The Morgan fingerprint density at radius 1 is 1.20 bits per heavy atom. The number of fused-ring (bicyclic) bond motifs is 1. The number of benzene rings is 2. The van der Waals surface area contributed by atoms with Crippen LogP contribution in [0.4, 0.5) is 0 Å². The van der Waals surface area contributed by atoms with E-state index in [4.69, 9.17) is 25.8 Å². The predicted molar refractivity (Wildman–Crippen MR) is 97.8 cm³/mol. The van der Waals surface area contributed by atoms with Crippen LogP contribution in [-0.4, -0.2) is 31.8 Å². The molecule has 25 heavy (non-hydrogen) atoms. The highest BCUT2D eigenvalue weighted by atomic mass is 35.5. The highest BCUT2D eigenvalue weighted by Crippen LogP contribution is 2.40. The number of nitrogens with zero attached hydrogens (tertiary/aromatic N) is 1. The van der Waals surface area contributed by atoms with Gasteiger partial charge in [0.15, 0.2) is 11.5 Å². The standard InChI is InChI=1S/C20H22ClNO3/c1-23-16-5-2-4-15(12-16)18-6-3-7-22(18)13-14-10-17(21)20-19(11-14)24-8-9-25-20/h2,4-5,10-12,18H,3,6-9,13H2,1H3. The van der Waals surface area contributed by atoms with Gasteiger partial charge in [0, 0.05) is 12.6 Å². The number of hydrogen-bond donors (Lipinski definition) is 0. The summed E-state index contributed by atoms with van der Waals surface area (Å²) in [6.45, 7) is 3.05. The first-order valence-electron chi connectivity index (χ1n) is 8.70. The van der Waals surface area contributed by atoms with Gasteiger partial charge in [0.1, 0.15) is 19.0 Å². The molecule has 0 aromatic heterocycles. The zero-order valence-corrected chi connectivity index (χ0v) is 15.1. The van der Waals surface area contributed by atoms with Crippen molar-refractivity contribution in [3.63, 3.8) is 0 Å². The van der Waals surface area contributed by atoms with Crippen LogP contribution < -0.4 is 14.2 Å². The molecule has 1 unspecified atom stereocenters. The number of rotatable bonds is 4. The lowest BCUT2D eigenvalue weighted by atomic mass is 10.0. The summed E-state index contributed by atoms with van der Waals surface area (Å²) in [5.41, 5.74) is 2.46. The number of halogens is 1. The summed E-state index contributed by atoms with van der Waals surface area (Å²) in [6, 6.07) is 12.8. The molecule has 5 heteroatoms. The highest BCUT2D eigenvalue weighted by molar-refractivity contribution is 6.32. The van der Waals surface area contributed by atoms with Gasteiger partial charge in [-0.25, -0.2) is 0 Å². The molecule has 2 aromatic rings. The normalized spacial score (nSPS) is 19.8. The van der Waals surface area contributed by atoms with Gasteiger partial charge in [0.2, 0.25) is 0 Å². The first kappa shape index (κ1) is 16.6. The van der Waals surface area contributed by atoms with Crippen LogP contribution in [0.15, 0.2) is 36.4 Å². The first-order chi connectivity index (χ1) is 12.2. The summed E-state index contributed by atoms with van der Waals surface area (Å²) >= 11 is 6.39. The van der Waals surface area contributed by atoms with Crippen LogP contribution in [0.1, 0.15) is 30.0 Å². The van der Waals surface area contributed by atoms with Crippen molar-refractivity contribution in [1.29, 1.82) is 0 Å². The Bertz CT molecular complexity index is 765. The molecule has 0 amide bonds. The smallest absolute Gasteiger partial charge is 0.179 e. The number of likely N-dealkylation sites (tertiary alicyclic amines) is 1. The predicted octanol–water partition coefficient (Wildman–Crippen LogP) is 4.46. The monoisotopic (exact) mass is 359 g/mol. The van der Waals surface area contributed by atoms with Crippen molar-refractivity contribution < 1.29 is 14.2 Å². The van der Waals surface area contributed by atoms with E-state index in [-0.39, 0.29) is 0 Å². The second kappa shape index (κ2) is 7.14. The van der Waals surface area contributed by atoms with Crippen LogP contribution in [0, 0.1) is 0 Å². The Labute approximate surface area is 153 Å². The molecule has 0 radical (unpaired) electrons. The fourth-order valence-electron chi connectivity index (χ4n) is 3.73. The maximum Gasteiger partial charge on any atom is 0.179 e. The topological polar surface area (TPSA) is 30.9 Å². The zero-order chi connectivity index (χ0) is 17.2. The van der Waals surface area contributed by atoms with Crippen molar-refractivity contribution >= 4 is 11.6 Å². The molecule has 2 heterocycles. The summed E-state index contributed by atoms with van der Waals surface area (Å²) in [7, 11) is 1.71. The van der Waals surface area contributed by atoms with Gasteiger partial charge in [0.25, 0.3) is 0 Å². The van der Waals surface area contributed by atoms with E-state index in [2.05, 4.69) is 29.2 Å². The minimum absolute atomic E-state index is 0.405. The van der Waals surface area contributed by atoms with Gasteiger partial charge < -0.3 is 14.2 Å². The lowest BCUT2D eigenvalue weighted by Crippen LogP contribution is -2.23. The van der Waals surface area contributed by atoms with E-state index in [0.29, 0.717) is 30.0 Å². The number of ether oxygens (including phenoxy) is 3. The molecule has 1 saturated heterocycles. The van der Waals surface area contributed by atoms with Crippen molar-refractivity contribution in [2.45, 2.75) is 25.4 Å². The Hall–Kier alpha value is -1.91. The Morgan fingerprint density at radius 2 is 2.08 bits per heavy atom. The lowest BCUT2D eigenvalue weighted by molar-refractivity contribution is 0.171. The van der Waals surface area contributed by atoms with E-state index in [1.165, 1.54) is 12.0 Å². The van der Waals surface area contributed by atoms with Gasteiger partial charge in [-0.05, 0) is 54.8 Å². The van der Waals surface area contributed by atoms with E-state index in [0.717, 1.165) is 36.6 Å². The third-order valence-corrected chi connectivity index (χ3v) is 5.17. The van der Waals surface area contributed by atoms with Gasteiger partial charge in [-0.2, -0.15) is 0 Å². The molecular formula is C20H22ClNO3. The van der Waals surface area contributed by atoms with E-state index in [1.54, 1.807) is 7.11 Å². The van der Waals surface area contributed by atoms with E-state index < -0.39 is 0 Å². The SMILES string of the molecule is COc1cccc(C2CCCN2Cc2cc(Cl)c3c(c2)OCCO3)c1. The zero-order valence-electron chi connectivity index (χ0n) is 14.3. The Kier molecular flexibility index (Phi) is 4.73. The van der Waals surface area contributed by atoms with E-state index in [9.17, 15) is 0 Å². The Morgan fingerprint density at radius 3 is 2.96 bits per heavy atom. The summed E-state index contributed by atoms with van der Waals surface area (Å²) in [6.07, 6.45) is 2.35. The summed E-state index contributed by atoms with van der Waals surface area (Å²) in [5, 5.41) is 0.629. The fraction of sp³-hybridized carbons (Fsp3) is 0.400. The van der Waals surface area contributed by atoms with Crippen LogP contribution in [-0.2, 0) is 6.54 Å². The molecule has 0 saturated carbocycles. The molecule has 2 aliphatic rings. The molecule has 1 fully saturated rings. The van der Waals surface area contributed by atoms with E-state index in [1.807, 2.05) is 12.1 Å². The molecule has 1 atom stereocenters. The van der Waals surface area contributed by atoms with Crippen LogP contribution in [0.25, 0.3) is 0 Å². The minimum Gasteiger partial charge on any atom is -0.497 e. The summed E-state index contributed by atoms with van der Waals surface area (Å²) < 4.78 is 16.7. The molecule has 0 spiro atoms. The molecular weight excluding hydrogens is 338 g/mol. The van der Waals surface area contributed by atoms with Crippen LogP contribution in [0.2, 0.25) is 5.02 Å². The highest BCUT2D eigenvalue weighted by Gasteiger charge is 2.27. The molecule has 0 bridgehead atoms. The van der Waals surface area contributed by atoms with Crippen molar-refractivity contribution in [2.24, 2.45) is 0 Å². The maximum absolute atomic E-state index is 6.39. The maximum atomic E-state index is 6.39. The van der Waals surface area contributed by atoms with Gasteiger partial charge >= 0.3 is 0 Å². The molecule has 0 N–H and O–H groups in total. The van der Waals surface area contributed by atoms with Gasteiger partial charge in [-0.3, -0.25) is 4.90 Å². The third kappa shape index (κ3) is 3.42. The van der Waals surface area contributed by atoms with Crippen molar-refractivity contribution in [3.8, 4) is 17.2 Å². The second-order valence-corrected chi connectivity index (χ2v) is 6.91. The summed E-state index contributed by atoms with van der Waals surface area (Å²) in [4.78, 5) is 2.50. The van der Waals surface area contributed by atoms with Crippen LogP contribution in [0.3, 0.4) is 0 Å². The van der Waals surface area contributed by atoms with Crippen LogP contribution in [0.5, 0.6) is 17.2 Å². The van der Waals surface area contributed by atoms with E-state index >= 15 is 0 Å². The van der Waals surface area contributed by atoms with Gasteiger partial charge in [-0.15, -0.1) is 0 Å². The minimum atomic E-state index is 0.405. The first-order valence-corrected chi connectivity index (χ1v) is 9.08. The molecule has 2 aliphatic heterocycles. The third-order valence-electron chi connectivity index (χ3n) is 4.88. The quantitative estimate of drug-likeness (QED) is 0.806. The largest absolute Gasteiger partial charge is 0.497 e. The average molecular weight is 360 g/mol. The second-order valence-electron chi connectivity index (χ2n) is 6.51. The molecule has 4 nitrogen and oxygen atoms in total. The Balaban J connectivity index is 1.56. The summed E-state index contributed by atoms with van der Waals surface area (Å²) in [5.74, 6) is 2.33.